The number of benzene rings is 2. The Kier molecular flexibility index (Phi) is 3.82. The molecule has 0 radical (unpaired) electrons. The van der Waals surface area contributed by atoms with Gasteiger partial charge in [0.25, 0.3) is 10.0 Å². The highest BCUT2D eigenvalue weighted by Crippen LogP contribution is 2.26. The monoisotopic (exact) mass is 318 g/mol. The zero-order valence-corrected chi connectivity index (χ0v) is 11.5. The van der Waals surface area contributed by atoms with Gasteiger partial charge in [0, 0.05) is 0 Å². The van der Waals surface area contributed by atoms with Gasteiger partial charge in [-0.05, 0) is 30.3 Å². The summed E-state index contributed by atoms with van der Waals surface area (Å²) in [6, 6.07) is 6.67. The van der Waals surface area contributed by atoms with Gasteiger partial charge in [0.15, 0.2) is 5.82 Å². The molecule has 0 aliphatic heterocycles. The Morgan fingerprint density at radius 2 is 1.85 bits per heavy atom. The topological polar surface area (TPSA) is 72.2 Å². The van der Waals surface area contributed by atoms with E-state index < -0.39 is 21.7 Å². The van der Waals surface area contributed by atoms with Crippen LogP contribution < -0.4 is 10.5 Å². The first-order chi connectivity index (χ1) is 9.31. The Hall–Kier alpha value is -1.86. The highest BCUT2D eigenvalue weighted by atomic mass is 35.5. The Morgan fingerprint density at radius 1 is 1.15 bits per heavy atom. The summed E-state index contributed by atoms with van der Waals surface area (Å²) in [6.45, 7) is 0. The molecule has 2 aromatic rings. The summed E-state index contributed by atoms with van der Waals surface area (Å²) < 4.78 is 52.7. The van der Waals surface area contributed by atoms with Gasteiger partial charge in [0.1, 0.15) is 10.7 Å². The van der Waals surface area contributed by atoms with E-state index in [1.165, 1.54) is 18.2 Å². The van der Waals surface area contributed by atoms with Crippen molar-refractivity contribution >= 4 is 33.0 Å². The number of rotatable bonds is 3. The highest BCUT2D eigenvalue weighted by Gasteiger charge is 2.20. The van der Waals surface area contributed by atoms with Crippen LogP contribution in [0.4, 0.5) is 20.2 Å². The Bertz CT molecular complexity index is 766. The van der Waals surface area contributed by atoms with Crippen LogP contribution in [0.1, 0.15) is 0 Å². The molecule has 0 bridgehead atoms. The molecule has 3 N–H and O–H groups in total. The van der Waals surface area contributed by atoms with Crippen molar-refractivity contribution in [2.24, 2.45) is 0 Å². The standard InChI is InChI=1S/C12H9ClF2N2O2S/c13-8-2-1-3-10(12(8)15)17-20(18,19)11-5-4-7(14)6-9(11)16/h1-6,17H,16H2. The summed E-state index contributed by atoms with van der Waals surface area (Å²) in [4.78, 5) is -0.349. The third kappa shape index (κ3) is 2.83. The maximum atomic E-state index is 13.7. The molecular formula is C12H9ClF2N2O2S. The summed E-state index contributed by atoms with van der Waals surface area (Å²) in [6.07, 6.45) is 0. The van der Waals surface area contributed by atoms with E-state index in [2.05, 4.69) is 0 Å². The number of nitrogen functional groups attached to an aromatic ring is 1. The summed E-state index contributed by atoms with van der Waals surface area (Å²) >= 11 is 5.56. The quantitative estimate of drug-likeness (QED) is 0.854. The van der Waals surface area contributed by atoms with Crippen molar-refractivity contribution < 1.29 is 17.2 Å². The van der Waals surface area contributed by atoms with E-state index in [1.54, 1.807) is 0 Å². The molecule has 0 saturated heterocycles. The van der Waals surface area contributed by atoms with E-state index in [0.717, 1.165) is 18.2 Å². The smallest absolute Gasteiger partial charge is 0.264 e. The number of nitrogens with two attached hydrogens (primary N) is 1. The molecule has 20 heavy (non-hydrogen) atoms. The molecule has 0 fully saturated rings. The number of hydrogen-bond acceptors (Lipinski definition) is 3. The van der Waals surface area contributed by atoms with Crippen LogP contribution in [0, 0.1) is 11.6 Å². The largest absolute Gasteiger partial charge is 0.398 e. The van der Waals surface area contributed by atoms with Gasteiger partial charge in [-0.2, -0.15) is 0 Å². The third-order valence-corrected chi connectivity index (χ3v) is 4.19. The fourth-order valence-corrected chi connectivity index (χ4v) is 2.89. The number of sulfonamides is 1. The van der Waals surface area contributed by atoms with Gasteiger partial charge in [-0.3, -0.25) is 4.72 Å². The van der Waals surface area contributed by atoms with Crippen molar-refractivity contribution in [3.8, 4) is 0 Å². The van der Waals surface area contributed by atoms with Gasteiger partial charge in [0.2, 0.25) is 0 Å². The van der Waals surface area contributed by atoms with Crippen molar-refractivity contribution in [2.75, 3.05) is 10.5 Å². The molecule has 0 amide bonds. The second kappa shape index (κ2) is 5.26. The predicted octanol–water partition coefficient (Wildman–Crippen LogP) is 3.00. The average molecular weight is 319 g/mol. The molecule has 0 spiro atoms. The molecule has 0 unspecified atom stereocenters. The van der Waals surface area contributed by atoms with Crippen molar-refractivity contribution in [3.63, 3.8) is 0 Å². The summed E-state index contributed by atoms with van der Waals surface area (Å²) in [7, 11) is -4.14. The fourth-order valence-electron chi connectivity index (χ4n) is 1.55. The van der Waals surface area contributed by atoms with Gasteiger partial charge in [-0.15, -0.1) is 0 Å². The fraction of sp³-hybridized carbons (Fsp3) is 0. The van der Waals surface area contributed by atoms with Gasteiger partial charge in [-0.1, -0.05) is 17.7 Å². The minimum Gasteiger partial charge on any atom is -0.398 e. The second-order valence-electron chi connectivity index (χ2n) is 3.89. The molecule has 0 aliphatic carbocycles. The summed E-state index contributed by atoms with van der Waals surface area (Å²) in [5, 5.41) is -0.225. The number of nitrogens with one attached hydrogen (secondary N) is 1. The molecule has 0 heterocycles. The van der Waals surface area contributed by atoms with E-state index in [1.807, 2.05) is 4.72 Å². The maximum Gasteiger partial charge on any atom is 0.264 e. The molecule has 0 aliphatic rings. The van der Waals surface area contributed by atoms with Crippen molar-refractivity contribution in [1.29, 1.82) is 0 Å². The lowest BCUT2D eigenvalue weighted by Gasteiger charge is -2.11. The van der Waals surface area contributed by atoms with Crippen LogP contribution in [0.25, 0.3) is 0 Å². The van der Waals surface area contributed by atoms with E-state index in [4.69, 9.17) is 17.3 Å². The average Bonchev–Trinajstić information content (AvgIpc) is 2.34. The van der Waals surface area contributed by atoms with E-state index in [-0.39, 0.29) is 21.3 Å². The minimum absolute atomic E-state index is 0.225. The maximum absolute atomic E-state index is 13.7. The van der Waals surface area contributed by atoms with E-state index in [9.17, 15) is 17.2 Å². The van der Waals surface area contributed by atoms with Gasteiger partial charge < -0.3 is 5.73 Å². The molecular weight excluding hydrogens is 310 g/mol. The zero-order chi connectivity index (χ0) is 14.9. The first-order valence-corrected chi connectivity index (χ1v) is 7.19. The molecule has 2 rings (SSSR count). The van der Waals surface area contributed by atoms with Crippen molar-refractivity contribution in [2.45, 2.75) is 4.90 Å². The molecule has 2 aromatic carbocycles. The molecule has 0 saturated carbocycles. The SMILES string of the molecule is Nc1cc(F)ccc1S(=O)(=O)Nc1cccc(Cl)c1F. The van der Waals surface area contributed by atoms with Crippen LogP contribution in [0.3, 0.4) is 0 Å². The van der Waals surface area contributed by atoms with E-state index >= 15 is 0 Å². The minimum atomic E-state index is -4.14. The van der Waals surface area contributed by atoms with Crippen LogP contribution in [0.15, 0.2) is 41.3 Å². The first kappa shape index (κ1) is 14.5. The predicted molar refractivity (Wildman–Crippen MR) is 73.0 cm³/mol. The first-order valence-electron chi connectivity index (χ1n) is 5.33. The van der Waals surface area contributed by atoms with Crippen molar-refractivity contribution in [3.05, 3.63) is 53.1 Å². The molecule has 0 atom stereocenters. The molecule has 106 valence electrons. The highest BCUT2D eigenvalue weighted by molar-refractivity contribution is 7.92. The Morgan fingerprint density at radius 3 is 2.50 bits per heavy atom. The lowest BCUT2D eigenvalue weighted by molar-refractivity contribution is 0.598. The second-order valence-corrected chi connectivity index (χ2v) is 5.95. The molecule has 4 nitrogen and oxygen atoms in total. The Labute approximate surface area is 119 Å². The Balaban J connectivity index is 2.44. The van der Waals surface area contributed by atoms with Crippen LogP contribution >= 0.6 is 11.6 Å². The van der Waals surface area contributed by atoms with Crippen LogP contribution in [0.5, 0.6) is 0 Å². The van der Waals surface area contributed by atoms with Crippen LogP contribution in [0.2, 0.25) is 5.02 Å². The summed E-state index contributed by atoms with van der Waals surface area (Å²) in [5.74, 6) is -1.58. The number of halogens is 3. The van der Waals surface area contributed by atoms with Gasteiger partial charge in [0.05, 0.1) is 16.4 Å². The summed E-state index contributed by atoms with van der Waals surface area (Å²) in [5.41, 5.74) is 4.85. The molecule has 0 aromatic heterocycles. The van der Waals surface area contributed by atoms with E-state index in [0.29, 0.717) is 0 Å². The zero-order valence-electron chi connectivity index (χ0n) is 9.90. The van der Waals surface area contributed by atoms with Crippen LogP contribution in [-0.2, 0) is 10.0 Å². The number of anilines is 2. The lowest BCUT2D eigenvalue weighted by Crippen LogP contribution is -2.15. The third-order valence-electron chi connectivity index (χ3n) is 2.46. The van der Waals surface area contributed by atoms with Crippen molar-refractivity contribution in [1.82, 2.24) is 0 Å². The van der Waals surface area contributed by atoms with Gasteiger partial charge in [-0.25, -0.2) is 17.2 Å². The molecule has 8 heteroatoms. The lowest BCUT2D eigenvalue weighted by atomic mass is 10.3. The van der Waals surface area contributed by atoms with Gasteiger partial charge >= 0.3 is 0 Å². The number of hydrogen-bond donors (Lipinski definition) is 2. The normalized spacial score (nSPS) is 11.3. The van der Waals surface area contributed by atoms with Crippen LogP contribution in [-0.4, -0.2) is 8.42 Å².